The molecule has 2 aromatic rings. The van der Waals surface area contributed by atoms with Crippen molar-refractivity contribution in [3.8, 4) is 0 Å². The molecular weight excluding hydrogens is 352 g/mol. The van der Waals surface area contributed by atoms with E-state index in [9.17, 15) is 19.7 Å². The molecule has 142 valence electrons. The molecule has 9 nitrogen and oxygen atoms in total. The van der Waals surface area contributed by atoms with Crippen molar-refractivity contribution in [2.75, 3.05) is 5.32 Å². The highest BCUT2D eigenvalue weighted by Gasteiger charge is 2.21. The van der Waals surface area contributed by atoms with Gasteiger partial charge in [-0.05, 0) is 32.9 Å². The van der Waals surface area contributed by atoms with E-state index in [2.05, 4.69) is 10.4 Å². The van der Waals surface area contributed by atoms with E-state index in [0.29, 0.717) is 0 Å². The van der Waals surface area contributed by atoms with Gasteiger partial charge in [0.15, 0.2) is 6.10 Å². The number of hydrogen-bond acceptors (Lipinski definition) is 6. The van der Waals surface area contributed by atoms with E-state index < -0.39 is 22.9 Å². The maximum atomic E-state index is 12.2. The number of nitrogens with zero attached hydrogens (tertiary/aromatic N) is 3. The van der Waals surface area contributed by atoms with E-state index >= 15 is 0 Å². The monoisotopic (exact) mass is 372 g/mol. The molecule has 1 heterocycles. The fourth-order valence-electron chi connectivity index (χ4n) is 2.42. The Kier molecular flexibility index (Phi) is 6.07. The van der Waals surface area contributed by atoms with E-state index in [1.807, 2.05) is 13.8 Å². The Morgan fingerprint density at radius 1 is 1.33 bits per heavy atom. The maximum absolute atomic E-state index is 12.2. The molecule has 0 spiro atoms. The molecule has 0 aliphatic heterocycles. The summed E-state index contributed by atoms with van der Waals surface area (Å²) in [7, 11) is 1.80. The summed E-state index contributed by atoms with van der Waals surface area (Å²) in [5.74, 6) is -1.37. The molecule has 0 aliphatic rings. The zero-order valence-corrected chi connectivity index (χ0v) is 15.4. The van der Waals surface area contributed by atoms with Gasteiger partial charge in [-0.2, -0.15) is 5.10 Å². The minimum absolute atomic E-state index is 0.0348. The molecule has 27 heavy (non-hydrogen) atoms. The van der Waals surface area contributed by atoms with Crippen molar-refractivity contribution in [1.82, 2.24) is 9.78 Å². The van der Waals surface area contributed by atoms with Gasteiger partial charge < -0.3 is 10.1 Å². The third-order valence-corrected chi connectivity index (χ3v) is 3.97. The van der Waals surface area contributed by atoms with Crippen molar-refractivity contribution in [2.24, 2.45) is 7.05 Å². The highest BCUT2D eigenvalue weighted by atomic mass is 16.6. The van der Waals surface area contributed by atoms with Gasteiger partial charge in [-0.1, -0.05) is 12.1 Å². The molecule has 0 bridgehead atoms. The second kappa shape index (κ2) is 8.26. The second-order valence-corrected chi connectivity index (χ2v) is 5.88. The molecule has 2 rings (SSSR count). The number of amides is 1. The van der Waals surface area contributed by atoms with Crippen molar-refractivity contribution >= 4 is 29.3 Å². The van der Waals surface area contributed by atoms with Crippen LogP contribution in [0.5, 0.6) is 0 Å². The number of aromatic nitrogens is 2. The molecule has 0 saturated heterocycles. The predicted molar refractivity (Wildman–Crippen MR) is 99.0 cm³/mol. The highest BCUT2D eigenvalue weighted by molar-refractivity contribution is 5.98. The lowest BCUT2D eigenvalue weighted by Gasteiger charge is -2.12. The van der Waals surface area contributed by atoms with Gasteiger partial charge in [-0.15, -0.1) is 0 Å². The average Bonchev–Trinajstić information content (AvgIpc) is 2.85. The summed E-state index contributed by atoms with van der Waals surface area (Å²) in [6.07, 6.45) is 1.66. The van der Waals surface area contributed by atoms with Crippen LogP contribution in [0.4, 0.5) is 11.4 Å². The topological polar surface area (TPSA) is 116 Å². The van der Waals surface area contributed by atoms with Gasteiger partial charge in [0.25, 0.3) is 11.6 Å². The highest BCUT2D eigenvalue weighted by Crippen LogP contribution is 2.23. The Balaban J connectivity index is 2.01. The standard InChI is InChI=1S/C18H20N4O5/c1-11-14(12(2)21(4)20-11)9-10-17(23)27-13(3)18(24)19-15-7-5-6-8-16(15)22(25)26/h5-10,13H,1-4H3,(H,19,24)/b10-9+/t13-/m0/s1. The largest absolute Gasteiger partial charge is 0.449 e. The number of nitro benzene ring substituents is 1. The molecule has 1 aromatic heterocycles. The first-order chi connectivity index (χ1) is 12.7. The van der Waals surface area contributed by atoms with Crippen LogP contribution < -0.4 is 5.32 Å². The summed E-state index contributed by atoms with van der Waals surface area (Å²) in [4.78, 5) is 34.5. The molecule has 9 heteroatoms. The van der Waals surface area contributed by atoms with Crippen LogP contribution in [0.2, 0.25) is 0 Å². The molecule has 1 N–H and O–H groups in total. The first kappa shape index (κ1) is 19.8. The molecule has 0 radical (unpaired) electrons. The number of ether oxygens (including phenoxy) is 1. The van der Waals surface area contributed by atoms with Crippen LogP contribution in [0.3, 0.4) is 0 Å². The summed E-state index contributed by atoms with van der Waals surface area (Å²) < 4.78 is 6.76. The van der Waals surface area contributed by atoms with Gasteiger partial charge in [0, 0.05) is 30.4 Å². The number of esters is 1. The van der Waals surface area contributed by atoms with Crippen LogP contribution in [0.15, 0.2) is 30.3 Å². The van der Waals surface area contributed by atoms with Gasteiger partial charge in [0.05, 0.1) is 10.6 Å². The third-order valence-electron chi connectivity index (χ3n) is 3.97. The van der Waals surface area contributed by atoms with E-state index in [4.69, 9.17) is 4.74 Å². The van der Waals surface area contributed by atoms with E-state index in [0.717, 1.165) is 17.0 Å². The lowest BCUT2D eigenvalue weighted by Crippen LogP contribution is -2.29. The normalized spacial score (nSPS) is 12.0. The van der Waals surface area contributed by atoms with Crippen molar-refractivity contribution in [1.29, 1.82) is 0 Å². The molecule has 1 amide bonds. The molecular formula is C18H20N4O5. The lowest BCUT2D eigenvalue weighted by atomic mass is 10.2. The molecule has 0 aliphatic carbocycles. The summed E-state index contributed by atoms with van der Waals surface area (Å²) >= 11 is 0. The smallest absolute Gasteiger partial charge is 0.331 e. The van der Waals surface area contributed by atoms with Crippen LogP contribution in [-0.4, -0.2) is 32.7 Å². The van der Waals surface area contributed by atoms with Crippen LogP contribution in [0.1, 0.15) is 23.9 Å². The Morgan fingerprint density at radius 2 is 2.00 bits per heavy atom. The minimum Gasteiger partial charge on any atom is -0.449 e. The first-order valence-corrected chi connectivity index (χ1v) is 8.14. The van der Waals surface area contributed by atoms with Gasteiger partial charge in [0.2, 0.25) is 0 Å². The lowest BCUT2D eigenvalue weighted by molar-refractivity contribution is -0.383. The summed E-state index contributed by atoms with van der Waals surface area (Å²) in [6.45, 7) is 5.07. The zero-order chi connectivity index (χ0) is 20.1. The Hall–Kier alpha value is -3.49. The van der Waals surface area contributed by atoms with Gasteiger partial charge in [0.1, 0.15) is 5.69 Å². The van der Waals surface area contributed by atoms with Crippen LogP contribution in [0, 0.1) is 24.0 Å². The molecule has 1 aromatic carbocycles. The number of aryl methyl sites for hydroxylation is 2. The molecule has 0 fully saturated rings. The number of nitrogens with one attached hydrogen (secondary N) is 1. The third kappa shape index (κ3) is 4.78. The van der Waals surface area contributed by atoms with E-state index in [-0.39, 0.29) is 11.4 Å². The Morgan fingerprint density at radius 3 is 2.59 bits per heavy atom. The number of carbonyl (C=O) groups is 2. The van der Waals surface area contributed by atoms with Crippen molar-refractivity contribution in [2.45, 2.75) is 26.9 Å². The number of benzene rings is 1. The quantitative estimate of drug-likeness (QED) is 0.360. The number of hydrogen-bond donors (Lipinski definition) is 1. The van der Waals surface area contributed by atoms with Gasteiger partial charge in [-0.3, -0.25) is 19.6 Å². The number of para-hydroxylation sites is 2. The van der Waals surface area contributed by atoms with Gasteiger partial charge in [-0.25, -0.2) is 4.79 Å². The Labute approximate surface area is 155 Å². The predicted octanol–water partition coefficient (Wildman–Crippen LogP) is 2.53. The van der Waals surface area contributed by atoms with Crippen LogP contribution >= 0.6 is 0 Å². The van der Waals surface area contributed by atoms with E-state index in [1.165, 1.54) is 31.2 Å². The summed E-state index contributed by atoms with van der Waals surface area (Å²) in [6, 6.07) is 5.72. The van der Waals surface area contributed by atoms with Crippen molar-refractivity contribution in [3.05, 3.63) is 57.4 Å². The first-order valence-electron chi connectivity index (χ1n) is 8.14. The fraction of sp³-hybridized carbons (Fsp3) is 0.278. The number of anilines is 1. The zero-order valence-electron chi connectivity index (χ0n) is 15.4. The van der Waals surface area contributed by atoms with Gasteiger partial charge >= 0.3 is 5.97 Å². The van der Waals surface area contributed by atoms with Crippen LogP contribution in [0.25, 0.3) is 6.08 Å². The maximum Gasteiger partial charge on any atom is 0.331 e. The molecule has 0 unspecified atom stereocenters. The van der Waals surface area contributed by atoms with Crippen LogP contribution in [-0.2, 0) is 21.4 Å². The average molecular weight is 372 g/mol. The number of rotatable bonds is 6. The number of nitro groups is 1. The van der Waals surface area contributed by atoms with Crippen molar-refractivity contribution in [3.63, 3.8) is 0 Å². The summed E-state index contributed by atoms with van der Waals surface area (Å²) in [5, 5.41) is 17.6. The van der Waals surface area contributed by atoms with Crippen molar-refractivity contribution < 1.29 is 19.2 Å². The Bertz CT molecular complexity index is 916. The SMILES string of the molecule is Cc1nn(C)c(C)c1/C=C/C(=O)O[C@@H](C)C(=O)Nc1ccccc1[N+](=O)[O-]. The molecule has 0 saturated carbocycles. The molecule has 1 atom stereocenters. The van der Waals surface area contributed by atoms with E-state index in [1.54, 1.807) is 23.9 Å². The summed E-state index contributed by atoms with van der Waals surface area (Å²) in [5.41, 5.74) is 2.24. The second-order valence-electron chi connectivity index (χ2n) is 5.88. The fourth-order valence-corrected chi connectivity index (χ4v) is 2.42. The minimum atomic E-state index is -1.13. The number of carbonyl (C=O) groups excluding carboxylic acids is 2.